The van der Waals surface area contributed by atoms with E-state index in [2.05, 4.69) is 61.1 Å². The van der Waals surface area contributed by atoms with Crippen molar-refractivity contribution in [1.29, 1.82) is 0 Å². The van der Waals surface area contributed by atoms with Crippen molar-refractivity contribution in [3.05, 3.63) is 95.4 Å². The zero-order valence-electron chi connectivity index (χ0n) is 34.5. The van der Waals surface area contributed by atoms with Crippen molar-refractivity contribution >= 4 is 43.8 Å². The quantitative estimate of drug-likeness (QED) is 0.0677. The predicted octanol–water partition coefficient (Wildman–Crippen LogP) is 3.20. The van der Waals surface area contributed by atoms with E-state index < -0.39 is 54.0 Å². The minimum absolute atomic E-state index is 0.0235. The van der Waals surface area contributed by atoms with Crippen LogP contribution in [0.5, 0.6) is 0 Å². The molecular weight excluding hydrogens is 855 g/mol. The van der Waals surface area contributed by atoms with Crippen LogP contribution in [0.25, 0.3) is 0 Å². The molecule has 2 aliphatic carbocycles. The summed E-state index contributed by atoms with van der Waals surface area (Å²) in [7, 11) is -7.82. The molecule has 2 amide bonds. The number of hydrogen-bond acceptors (Lipinski definition) is 14. The summed E-state index contributed by atoms with van der Waals surface area (Å²) < 4.78 is 92.5. The summed E-state index contributed by atoms with van der Waals surface area (Å²) in [5, 5.41) is -1.87. The number of nitrogens with zero attached hydrogens (tertiary/aromatic N) is 6. The Kier molecular flexibility index (Phi) is 16.4. The van der Waals surface area contributed by atoms with Gasteiger partial charge in [0.1, 0.15) is 23.2 Å². The van der Waals surface area contributed by atoms with Crippen LogP contribution in [0, 0.1) is 25.5 Å². The standard InChI is InChI=1S/2C19H25FN6O4S/c2*1-12-7-8-16(30-12)18(27)24-25-19(23-15-5-3-4-6-15)26-31(28,29)13(2)9-17-21-10-14(20)11-22-17/h2*7-8,10-11,13,15H,3-6,9H2,1-2H3,(H,24,27)(H2,23,25,26)/t2*13-/m10/s1. The molecule has 0 saturated heterocycles. The Bertz CT molecular complexity index is 2230. The van der Waals surface area contributed by atoms with Crippen LogP contribution in [0.4, 0.5) is 8.78 Å². The number of nitrogens with one attached hydrogen (secondary N) is 6. The van der Waals surface area contributed by atoms with Gasteiger partial charge >= 0.3 is 11.8 Å². The van der Waals surface area contributed by atoms with Gasteiger partial charge in [0.25, 0.3) is 0 Å². The molecule has 62 heavy (non-hydrogen) atoms. The van der Waals surface area contributed by atoms with Crippen LogP contribution in [0.15, 0.2) is 67.9 Å². The number of amides is 2. The fourth-order valence-corrected chi connectivity index (χ4v) is 8.05. The van der Waals surface area contributed by atoms with Crippen LogP contribution in [0.1, 0.15) is 109 Å². The highest BCUT2D eigenvalue weighted by atomic mass is 32.2. The molecule has 2 aliphatic rings. The monoisotopic (exact) mass is 904 g/mol. The number of furan rings is 2. The molecule has 336 valence electrons. The second kappa shape index (κ2) is 21.7. The summed E-state index contributed by atoms with van der Waals surface area (Å²) >= 11 is 0. The molecule has 0 aromatic carbocycles. The van der Waals surface area contributed by atoms with Crippen molar-refractivity contribution in [2.75, 3.05) is 0 Å². The SMILES string of the molecule is Cc1ccc(C(=O)NNC(=NC2CCCC2)NS(=O)(=O)[C@@H](C)Cc2ncc(F)cn2)o1.Cc1ccc(C(=O)NNC(=NC2CCCC2)NS(=O)(=O)[C@H](C)Cc2ncc(F)cn2)o1. The van der Waals surface area contributed by atoms with Crippen LogP contribution in [-0.2, 0) is 32.9 Å². The van der Waals surface area contributed by atoms with Gasteiger partial charge < -0.3 is 8.83 Å². The van der Waals surface area contributed by atoms with E-state index in [1.165, 1.54) is 26.0 Å². The average molecular weight is 905 g/mol. The number of hydrogen-bond donors (Lipinski definition) is 6. The number of guanidine groups is 2. The highest BCUT2D eigenvalue weighted by Gasteiger charge is 2.27. The molecule has 0 radical (unpaired) electrons. The highest BCUT2D eigenvalue weighted by molar-refractivity contribution is 7.90. The Morgan fingerprint density at radius 1 is 0.629 bits per heavy atom. The predicted molar refractivity (Wildman–Crippen MR) is 222 cm³/mol. The number of sulfonamides is 2. The van der Waals surface area contributed by atoms with E-state index in [0.29, 0.717) is 11.5 Å². The molecule has 0 spiro atoms. The topological polar surface area (TPSA) is 277 Å². The summed E-state index contributed by atoms with van der Waals surface area (Å²) in [5.74, 6) is -0.824. The zero-order valence-corrected chi connectivity index (χ0v) is 36.2. The smallest absolute Gasteiger partial charge is 0.305 e. The normalized spacial score (nSPS) is 16.2. The second-order valence-corrected chi connectivity index (χ2v) is 19.0. The molecule has 6 N–H and O–H groups in total. The molecule has 0 aliphatic heterocycles. The molecular formula is C38H50F2N12O8S2. The Balaban J connectivity index is 0.000000234. The van der Waals surface area contributed by atoms with Crippen LogP contribution in [0.2, 0.25) is 0 Å². The van der Waals surface area contributed by atoms with Crippen molar-refractivity contribution < 1.29 is 44.0 Å². The van der Waals surface area contributed by atoms with E-state index in [1.807, 2.05) is 0 Å². The number of aromatic nitrogens is 4. The summed E-state index contributed by atoms with van der Waals surface area (Å²) in [6.07, 6.45) is 11.2. The first-order chi connectivity index (χ1) is 29.5. The molecule has 24 heteroatoms. The van der Waals surface area contributed by atoms with Gasteiger partial charge in [-0.3, -0.25) is 40.7 Å². The van der Waals surface area contributed by atoms with Crippen LogP contribution in [-0.4, -0.2) is 83.1 Å². The Hall–Kier alpha value is -6.04. The third kappa shape index (κ3) is 14.6. The lowest BCUT2D eigenvalue weighted by Gasteiger charge is -2.18. The van der Waals surface area contributed by atoms with Gasteiger partial charge in [-0.1, -0.05) is 25.7 Å². The molecule has 2 atom stereocenters. The van der Waals surface area contributed by atoms with Crippen molar-refractivity contribution in [1.82, 2.24) is 51.1 Å². The van der Waals surface area contributed by atoms with E-state index >= 15 is 0 Å². The van der Waals surface area contributed by atoms with Gasteiger partial charge in [0.2, 0.25) is 32.0 Å². The van der Waals surface area contributed by atoms with Gasteiger partial charge in [-0.25, -0.2) is 55.5 Å². The number of carbonyl (C=O) groups excluding carboxylic acids is 2. The summed E-state index contributed by atoms with van der Waals surface area (Å²) in [5.41, 5.74) is 9.91. The molecule has 0 bridgehead atoms. The fraction of sp³-hybridized carbons (Fsp3) is 0.474. The number of carbonyl (C=O) groups is 2. The van der Waals surface area contributed by atoms with Gasteiger partial charge in [0, 0.05) is 12.8 Å². The summed E-state index contributed by atoms with van der Waals surface area (Å²) in [6.45, 7) is 6.37. The van der Waals surface area contributed by atoms with Crippen LogP contribution >= 0.6 is 0 Å². The first-order valence-corrected chi connectivity index (χ1v) is 22.9. The highest BCUT2D eigenvalue weighted by Crippen LogP contribution is 2.22. The minimum Gasteiger partial charge on any atom is -0.456 e. The van der Waals surface area contributed by atoms with Crippen molar-refractivity contribution in [3.8, 4) is 0 Å². The maximum atomic E-state index is 13.0. The molecule has 4 aromatic heterocycles. The Morgan fingerprint density at radius 3 is 1.27 bits per heavy atom. The van der Waals surface area contributed by atoms with Gasteiger partial charge in [-0.05, 0) is 77.6 Å². The largest absolute Gasteiger partial charge is 0.456 e. The van der Waals surface area contributed by atoms with E-state index in [-0.39, 0.29) is 60.0 Å². The zero-order chi connectivity index (χ0) is 44.9. The number of hydrazine groups is 2. The molecule has 6 rings (SSSR count). The van der Waals surface area contributed by atoms with Gasteiger partial charge in [0.05, 0.1) is 47.4 Å². The first-order valence-electron chi connectivity index (χ1n) is 19.8. The first kappa shape index (κ1) is 47.0. The average Bonchev–Trinajstić information content (AvgIpc) is 4.08. The van der Waals surface area contributed by atoms with Crippen molar-refractivity contribution in [2.45, 2.75) is 114 Å². The van der Waals surface area contributed by atoms with Gasteiger partial charge in [0.15, 0.2) is 23.2 Å². The third-order valence-corrected chi connectivity index (χ3v) is 13.0. The number of aryl methyl sites for hydroxylation is 2. The lowest BCUT2D eigenvalue weighted by Crippen LogP contribution is -2.51. The molecule has 4 heterocycles. The Morgan fingerprint density at radius 2 is 0.968 bits per heavy atom. The molecule has 2 fully saturated rings. The second-order valence-electron chi connectivity index (χ2n) is 14.8. The molecule has 4 aromatic rings. The van der Waals surface area contributed by atoms with Crippen molar-refractivity contribution in [2.24, 2.45) is 9.98 Å². The maximum absolute atomic E-state index is 13.0. The van der Waals surface area contributed by atoms with Crippen LogP contribution < -0.4 is 31.1 Å². The molecule has 0 unspecified atom stereocenters. The maximum Gasteiger partial charge on any atom is 0.305 e. The van der Waals surface area contributed by atoms with E-state index in [4.69, 9.17) is 8.83 Å². The number of halogens is 2. The Labute approximate surface area is 357 Å². The van der Waals surface area contributed by atoms with E-state index in [1.54, 1.807) is 26.0 Å². The minimum atomic E-state index is -3.91. The summed E-state index contributed by atoms with van der Waals surface area (Å²) in [6, 6.07) is 6.20. The summed E-state index contributed by atoms with van der Waals surface area (Å²) in [4.78, 5) is 48.5. The lowest BCUT2D eigenvalue weighted by molar-refractivity contribution is 0.0907. The number of aliphatic imine (C=N–C) groups is 2. The fourth-order valence-electron chi connectivity index (χ4n) is 6.16. The van der Waals surface area contributed by atoms with E-state index in [0.717, 1.165) is 76.2 Å². The van der Waals surface area contributed by atoms with E-state index in [9.17, 15) is 35.2 Å². The number of rotatable bonds is 12. The van der Waals surface area contributed by atoms with Gasteiger partial charge in [-0.15, -0.1) is 0 Å². The molecule has 20 nitrogen and oxygen atoms in total. The van der Waals surface area contributed by atoms with Crippen LogP contribution in [0.3, 0.4) is 0 Å². The third-order valence-electron chi connectivity index (χ3n) is 9.61. The lowest BCUT2D eigenvalue weighted by atomic mass is 10.3. The van der Waals surface area contributed by atoms with Gasteiger partial charge in [-0.2, -0.15) is 0 Å². The van der Waals surface area contributed by atoms with Crippen molar-refractivity contribution in [3.63, 3.8) is 0 Å². The molecule has 2 saturated carbocycles.